The van der Waals surface area contributed by atoms with Crippen molar-refractivity contribution in [2.24, 2.45) is 0 Å². The number of rotatable bonds is 7. The van der Waals surface area contributed by atoms with Gasteiger partial charge in [-0.1, -0.05) is 0 Å². The molecular formula is C15H23N5O. The highest BCUT2D eigenvalue weighted by Gasteiger charge is 2.27. The van der Waals surface area contributed by atoms with Crippen LogP contribution in [0, 0.1) is 0 Å². The molecule has 1 aliphatic carbocycles. The molecule has 3 rings (SSSR count). The molecule has 0 aliphatic heterocycles. The molecule has 1 saturated carbocycles. The third-order valence-electron chi connectivity index (χ3n) is 3.75. The lowest BCUT2D eigenvalue weighted by molar-refractivity contribution is 0.269. The predicted molar refractivity (Wildman–Crippen MR) is 81.2 cm³/mol. The lowest BCUT2D eigenvalue weighted by Crippen LogP contribution is -2.11. The van der Waals surface area contributed by atoms with Gasteiger partial charge in [0.25, 0.3) is 0 Å². The number of hydrogen-bond acceptors (Lipinski definition) is 4. The van der Waals surface area contributed by atoms with Gasteiger partial charge in [0.05, 0.1) is 43.0 Å². The summed E-state index contributed by atoms with van der Waals surface area (Å²) in [7, 11) is 0. The summed E-state index contributed by atoms with van der Waals surface area (Å²) in [5.41, 5.74) is 3.41. The van der Waals surface area contributed by atoms with Crippen LogP contribution >= 0.6 is 0 Å². The fourth-order valence-electron chi connectivity index (χ4n) is 2.48. The van der Waals surface area contributed by atoms with Crippen LogP contribution < -0.4 is 5.32 Å². The molecule has 2 aromatic heterocycles. The van der Waals surface area contributed by atoms with Gasteiger partial charge in [0.2, 0.25) is 0 Å². The molecule has 114 valence electrons. The Morgan fingerprint density at radius 1 is 1.43 bits per heavy atom. The molecule has 1 fully saturated rings. The zero-order chi connectivity index (χ0) is 14.8. The zero-order valence-electron chi connectivity index (χ0n) is 12.7. The highest BCUT2D eigenvalue weighted by atomic mass is 16.3. The molecule has 21 heavy (non-hydrogen) atoms. The van der Waals surface area contributed by atoms with E-state index in [1.54, 1.807) is 10.9 Å². The minimum atomic E-state index is 0.103. The smallest absolute Gasteiger partial charge is 0.0729 e. The van der Waals surface area contributed by atoms with Crippen molar-refractivity contribution >= 4 is 5.69 Å². The van der Waals surface area contributed by atoms with Crippen molar-refractivity contribution in [1.29, 1.82) is 0 Å². The summed E-state index contributed by atoms with van der Waals surface area (Å²) in [4.78, 5) is 0. The molecule has 0 aromatic carbocycles. The van der Waals surface area contributed by atoms with Crippen LogP contribution in [0.1, 0.15) is 50.0 Å². The molecule has 0 amide bonds. The van der Waals surface area contributed by atoms with Crippen LogP contribution in [0.5, 0.6) is 0 Å². The molecule has 6 nitrogen and oxygen atoms in total. The first-order valence-corrected chi connectivity index (χ1v) is 7.63. The molecule has 6 heteroatoms. The minimum Gasteiger partial charge on any atom is -0.394 e. The van der Waals surface area contributed by atoms with E-state index in [0.29, 0.717) is 18.5 Å². The van der Waals surface area contributed by atoms with Crippen LogP contribution in [0.15, 0.2) is 18.5 Å². The average molecular weight is 289 g/mol. The molecule has 0 radical (unpaired) electrons. The summed E-state index contributed by atoms with van der Waals surface area (Å²) in [6.45, 7) is 5.69. The van der Waals surface area contributed by atoms with E-state index in [0.717, 1.165) is 12.2 Å². The van der Waals surface area contributed by atoms with E-state index >= 15 is 0 Å². The van der Waals surface area contributed by atoms with Crippen molar-refractivity contribution in [3.05, 3.63) is 29.8 Å². The second-order valence-corrected chi connectivity index (χ2v) is 5.94. The number of anilines is 1. The summed E-state index contributed by atoms with van der Waals surface area (Å²) >= 11 is 0. The highest BCUT2D eigenvalue weighted by Crippen LogP contribution is 2.39. The first-order valence-electron chi connectivity index (χ1n) is 7.63. The molecule has 2 N–H and O–H groups in total. The Balaban J connectivity index is 1.68. The first kappa shape index (κ1) is 14.1. The van der Waals surface area contributed by atoms with Crippen molar-refractivity contribution in [2.45, 2.75) is 51.7 Å². The standard InChI is InChI=1S/C15H23N5O/c1-11(2)20-14(7-15(18-20)12-3-4-12)9-16-13-8-17-19(10-13)5-6-21/h7-8,10-12,16,21H,3-6,9H2,1-2H3. The number of nitrogens with one attached hydrogen (secondary N) is 1. The van der Waals surface area contributed by atoms with Crippen molar-refractivity contribution in [3.63, 3.8) is 0 Å². The third kappa shape index (κ3) is 3.26. The van der Waals surface area contributed by atoms with E-state index in [4.69, 9.17) is 10.2 Å². The number of aromatic nitrogens is 4. The molecule has 0 spiro atoms. The van der Waals surface area contributed by atoms with Gasteiger partial charge < -0.3 is 10.4 Å². The fourth-order valence-corrected chi connectivity index (χ4v) is 2.48. The second kappa shape index (κ2) is 5.89. The summed E-state index contributed by atoms with van der Waals surface area (Å²) in [6, 6.07) is 2.59. The van der Waals surface area contributed by atoms with Gasteiger partial charge in [-0.25, -0.2) is 0 Å². The Bertz CT molecular complexity index is 597. The highest BCUT2D eigenvalue weighted by molar-refractivity contribution is 5.38. The fraction of sp³-hybridized carbons (Fsp3) is 0.600. The van der Waals surface area contributed by atoms with Gasteiger partial charge in [0.15, 0.2) is 0 Å². The summed E-state index contributed by atoms with van der Waals surface area (Å²) in [5.74, 6) is 0.677. The Kier molecular flexibility index (Phi) is 3.96. The molecule has 2 heterocycles. The van der Waals surface area contributed by atoms with Crippen molar-refractivity contribution in [3.8, 4) is 0 Å². The lowest BCUT2D eigenvalue weighted by atomic mass is 10.2. The number of aliphatic hydroxyl groups is 1. The molecule has 0 unspecified atom stereocenters. The Morgan fingerprint density at radius 3 is 2.90 bits per heavy atom. The number of hydrogen-bond donors (Lipinski definition) is 2. The monoisotopic (exact) mass is 289 g/mol. The van der Waals surface area contributed by atoms with Gasteiger partial charge in [-0.3, -0.25) is 9.36 Å². The van der Waals surface area contributed by atoms with Crippen LogP contribution in [0.2, 0.25) is 0 Å². The summed E-state index contributed by atoms with van der Waals surface area (Å²) < 4.78 is 3.84. The van der Waals surface area contributed by atoms with Crippen LogP contribution in [-0.4, -0.2) is 31.3 Å². The molecule has 0 saturated heterocycles. The molecule has 2 aromatic rings. The number of aliphatic hydroxyl groups excluding tert-OH is 1. The topological polar surface area (TPSA) is 67.9 Å². The van der Waals surface area contributed by atoms with Gasteiger partial charge in [0, 0.05) is 18.2 Å². The van der Waals surface area contributed by atoms with E-state index in [2.05, 4.69) is 35.0 Å². The van der Waals surface area contributed by atoms with Crippen molar-refractivity contribution < 1.29 is 5.11 Å². The molecule has 1 aliphatic rings. The number of nitrogens with zero attached hydrogens (tertiary/aromatic N) is 4. The molecule has 0 atom stereocenters. The van der Waals surface area contributed by atoms with Crippen LogP contribution in [0.3, 0.4) is 0 Å². The van der Waals surface area contributed by atoms with Crippen molar-refractivity contribution in [1.82, 2.24) is 19.6 Å². The maximum Gasteiger partial charge on any atom is 0.0729 e. The predicted octanol–water partition coefficient (Wildman–Crippen LogP) is 2.14. The lowest BCUT2D eigenvalue weighted by Gasteiger charge is -2.11. The molecule has 0 bridgehead atoms. The van der Waals surface area contributed by atoms with E-state index in [9.17, 15) is 0 Å². The first-order chi connectivity index (χ1) is 10.2. The van der Waals surface area contributed by atoms with Gasteiger partial charge in [-0.05, 0) is 32.8 Å². The minimum absolute atomic E-state index is 0.103. The Hall–Kier alpha value is -1.82. The van der Waals surface area contributed by atoms with Gasteiger partial charge in [-0.2, -0.15) is 10.2 Å². The van der Waals surface area contributed by atoms with Gasteiger partial charge in [0.1, 0.15) is 0 Å². The quantitative estimate of drug-likeness (QED) is 0.819. The largest absolute Gasteiger partial charge is 0.394 e. The van der Waals surface area contributed by atoms with E-state index < -0.39 is 0 Å². The SMILES string of the molecule is CC(C)n1nc(C2CC2)cc1CNc1cnn(CCO)c1. The third-order valence-corrected chi connectivity index (χ3v) is 3.75. The second-order valence-electron chi connectivity index (χ2n) is 5.94. The summed E-state index contributed by atoms with van der Waals surface area (Å²) in [5, 5.41) is 21.2. The summed E-state index contributed by atoms with van der Waals surface area (Å²) in [6.07, 6.45) is 6.24. The van der Waals surface area contributed by atoms with E-state index in [1.807, 2.05) is 6.20 Å². The zero-order valence-corrected chi connectivity index (χ0v) is 12.7. The maximum atomic E-state index is 8.90. The van der Waals surface area contributed by atoms with E-state index in [1.165, 1.54) is 24.2 Å². The van der Waals surface area contributed by atoms with E-state index in [-0.39, 0.29) is 6.61 Å². The van der Waals surface area contributed by atoms with Crippen LogP contribution in [-0.2, 0) is 13.1 Å². The van der Waals surface area contributed by atoms with Crippen LogP contribution in [0.25, 0.3) is 0 Å². The average Bonchev–Trinajstić information content (AvgIpc) is 3.06. The Labute approximate surface area is 124 Å². The Morgan fingerprint density at radius 2 is 2.24 bits per heavy atom. The van der Waals surface area contributed by atoms with Gasteiger partial charge >= 0.3 is 0 Å². The molecular weight excluding hydrogens is 266 g/mol. The van der Waals surface area contributed by atoms with Crippen molar-refractivity contribution in [2.75, 3.05) is 11.9 Å². The van der Waals surface area contributed by atoms with Gasteiger partial charge in [-0.15, -0.1) is 0 Å². The maximum absolute atomic E-state index is 8.90. The van der Waals surface area contributed by atoms with Crippen LogP contribution in [0.4, 0.5) is 5.69 Å². The normalized spacial score (nSPS) is 14.9.